The molecule has 0 aliphatic heterocycles. The van der Waals surface area contributed by atoms with E-state index in [1.807, 2.05) is 30.3 Å². The van der Waals surface area contributed by atoms with Crippen LogP contribution in [0.4, 0.5) is 0 Å². The zero-order valence-corrected chi connectivity index (χ0v) is 14.3. The predicted octanol–water partition coefficient (Wildman–Crippen LogP) is 3.87. The molecule has 4 nitrogen and oxygen atoms in total. The number of aliphatic carboxylic acids is 1. The highest BCUT2D eigenvalue weighted by Crippen LogP contribution is 2.26. The number of fused-ring (bicyclic) bond motifs is 1. The fraction of sp³-hybridized carbons (Fsp3) is 0.150. The van der Waals surface area contributed by atoms with Gasteiger partial charge in [0.05, 0.1) is 17.1 Å². The lowest BCUT2D eigenvalue weighted by atomic mass is 9.98. The molecule has 0 saturated heterocycles. The number of carbonyl (C=O) groups is 1. The maximum absolute atomic E-state index is 12.8. The van der Waals surface area contributed by atoms with Gasteiger partial charge in [0.1, 0.15) is 0 Å². The minimum atomic E-state index is -3.61. The van der Waals surface area contributed by atoms with E-state index in [0.717, 1.165) is 10.8 Å². The zero-order valence-electron chi connectivity index (χ0n) is 13.5. The normalized spacial score (nSPS) is 12.8. The molecule has 3 aromatic carbocycles. The second-order valence-corrected chi connectivity index (χ2v) is 8.03. The quantitative estimate of drug-likeness (QED) is 0.729. The van der Waals surface area contributed by atoms with Gasteiger partial charge < -0.3 is 5.11 Å². The van der Waals surface area contributed by atoms with Crippen molar-refractivity contribution in [3.05, 3.63) is 78.4 Å². The second kappa shape index (κ2) is 7.07. The zero-order chi connectivity index (χ0) is 17.9. The first-order valence-corrected chi connectivity index (χ1v) is 9.59. The summed E-state index contributed by atoms with van der Waals surface area (Å²) in [6.45, 7) is 0. The lowest BCUT2D eigenvalue weighted by Crippen LogP contribution is -2.18. The molecule has 3 aromatic rings. The molecular weight excluding hydrogens is 336 g/mol. The maximum atomic E-state index is 12.8. The van der Waals surface area contributed by atoms with Crippen molar-refractivity contribution >= 4 is 26.6 Å². The molecular formula is C20H18O4S. The number of benzene rings is 3. The van der Waals surface area contributed by atoms with Gasteiger partial charge in [0.2, 0.25) is 0 Å². The number of carboxylic acids is 1. The first-order valence-electron chi connectivity index (χ1n) is 7.94. The summed E-state index contributed by atoms with van der Waals surface area (Å²) in [4.78, 5) is 11.4. The molecule has 0 saturated carbocycles. The first kappa shape index (κ1) is 17.2. The van der Waals surface area contributed by atoms with Crippen LogP contribution in [0.1, 0.15) is 17.9 Å². The van der Waals surface area contributed by atoms with Crippen molar-refractivity contribution in [2.45, 2.75) is 17.2 Å². The summed E-state index contributed by atoms with van der Waals surface area (Å²) in [6, 6.07) is 21.5. The molecule has 0 heterocycles. The van der Waals surface area contributed by atoms with Crippen molar-refractivity contribution in [2.75, 3.05) is 5.75 Å². The molecule has 0 spiro atoms. The van der Waals surface area contributed by atoms with Gasteiger partial charge in [-0.2, -0.15) is 0 Å². The minimum absolute atomic E-state index is 0.220. The van der Waals surface area contributed by atoms with E-state index < -0.39 is 21.7 Å². The Morgan fingerprint density at radius 2 is 1.52 bits per heavy atom. The first-order chi connectivity index (χ1) is 12.0. The summed E-state index contributed by atoms with van der Waals surface area (Å²) >= 11 is 0. The topological polar surface area (TPSA) is 71.4 Å². The van der Waals surface area contributed by atoms with E-state index in [4.69, 9.17) is 5.11 Å². The number of hydrogen-bond acceptors (Lipinski definition) is 3. The molecule has 1 unspecified atom stereocenters. The van der Waals surface area contributed by atoms with E-state index in [1.165, 1.54) is 0 Å². The largest absolute Gasteiger partial charge is 0.481 e. The van der Waals surface area contributed by atoms with Crippen LogP contribution in [-0.2, 0) is 14.6 Å². The van der Waals surface area contributed by atoms with Gasteiger partial charge in [-0.05, 0) is 28.5 Å². The van der Waals surface area contributed by atoms with Gasteiger partial charge in [-0.3, -0.25) is 4.79 Å². The van der Waals surface area contributed by atoms with Crippen molar-refractivity contribution in [1.82, 2.24) is 0 Å². The molecule has 128 valence electrons. The minimum Gasteiger partial charge on any atom is -0.481 e. The Kier molecular flexibility index (Phi) is 4.86. The summed E-state index contributed by atoms with van der Waals surface area (Å²) in [5.41, 5.74) is 0.717. The molecule has 0 radical (unpaired) electrons. The average Bonchev–Trinajstić information content (AvgIpc) is 2.61. The molecule has 0 fully saturated rings. The highest BCUT2D eigenvalue weighted by atomic mass is 32.2. The Hall–Kier alpha value is -2.66. The highest BCUT2D eigenvalue weighted by Gasteiger charge is 2.25. The Labute approximate surface area is 146 Å². The lowest BCUT2D eigenvalue weighted by molar-refractivity contribution is -0.137. The average molecular weight is 354 g/mol. The fourth-order valence-corrected chi connectivity index (χ4v) is 4.55. The van der Waals surface area contributed by atoms with Gasteiger partial charge in [-0.15, -0.1) is 0 Å². The molecule has 3 rings (SSSR count). The molecule has 0 bridgehead atoms. The molecule has 0 aromatic heterocycles. The van der Waals surface area contributed by atoms with Crippen molar-refractivity contribution in [3.63, 3.8) is 0 Å². The molecule has 1 N–H and O–H groups in total. The molecule has 1 atom stereocenters. The van der Waals surface area contributed by atoms with Crippen LogP contribution in [0.15, 0.2) is 77.7 Å². The van der Waals surface area contributed by atoms with Crippen molar-refractivity contribution < 1.29 is 18.3 Å². The third-order valence-corrected chi connectivity index (χ3v) is 6.01. The third-order valence-electron chi connectivity index (χ3n) is 4.19. The molecule has 5 heteroatoms. The smallest absolute Gasteiger partial charge is 0.303 e. The van der Waals surface area contributed by atoms with Gasteiger partial charge in [-0.25, -0.2) is 8.42 Å². The number of rotatable bonds is 6. The number of sulfone groups is 1. The Bertz CT molecular complexity index is 994. The summed E-state index contributed by atoms with van der Waals surface area (Å²) in [5.74, 6) is -1.83. The van der Waals surface area contributed by atoms with E-state index in [1.54, 1.807) is 42.5 Å². The Morgan fingerprint density at radius 3 is 2.20 bits per heavy atom. The summed E-state index contributed by atoms with van der Waals surface area (Å²) in [5, 5.41) is 11.0. The summed E-state index contributed by atoms with van der Waals surface area (Å²) in [6.07, 6.45) is -0.225. The number of hydrogen-bond donors (Lipinski definition) is 1. The SMILES string of the molecule is O=C(O)CC(CS(=O)(=O)c1ccc2ccccc2c1)c1ccccc1. The Balaban J connectivity index is 1.95. The fourth-order valence-electron chi connectivity index (χ4n) is 2.93. The predicted molar refractivity (Wildman–Crippen MR) is 97.4 cm³/mol. The van der Waals surface area contributed by atoms with Crippen molar-refractivity contribution in [3.8, 4) is 0 Å². The van der Waals surface area contributed by atoms with Crippen LogP contribution in [0.25, 0.3) is 10.8 Å². The van der Waals surface area contributed by atoms with Gasteiger partial charge in [0.15, 0.2) is 9.84 Å². The standard InChI is InChI=1S/C20H18O4S/c21-20(22)13-18(15-6-2-1-3-7-15)14-25(23,24)19-11-10-16-8-4-5-9-17(16)12-19/h1-12,18H,13-14H2,(H,21,22). The van der Waals surface area contributed by atoms with E-state index in [9.17, 15) is 13.2 Å². The van der Waals surface area contributed by atoms with E-state index >= 15 is 0 Å². The van der Waals surface area contributed by atoms with Gasteiger partial charge in [0.25, 0.3) is 0 Å². The third kappa shape index (κ3) is 4.06. The van der Waals surface area contributed by atoms with E-state index in [2.05, 4.69) is 0 Å². The monoisotopic (exact) mass is 354 g/mol. The van der Waals surface area contributed by atoms with E-state index in [-0.39, 0.29) is 17.1 Å². The Morgan fingerprint density at radius 1 is 0.880 bits per heavy atom. The number of carboxylic acid groups (broad SMARTS) is 1. The lowest BCUT2D eigenvalue weighted by Gasteiger charge is -2.16. The van der Waals surface area contributed by atoms with Crippen LogP contribution < -0.4 is 0 Å². The van der Waals surface area contributed by atoms with Crippen LogP contribution in [0.2, 0.25) is 0 Å². The molecule has 0 aliphatic rings. The van der Waals surface area contributed by atoms with Crippen LogP contribution in [0.3, 0.4) is 0 Å². The van der Waals surface area contributed by atoms with E-state index in [0.29, 0.717) is 5.56 Å². The van der Waals surface area contributed by atoms with Crippen LogP contribution >= 0.6 is 0 Å². The molecule has 0 aliphatic carbocycles. The van der Waals surface area contributed by atoms with Crippen LogP contribution in [-0.4, -0.2) is 25.2 Å². The van der Waals surface area contributed by atoms with Crippen LogP contribution in [0, 0.1) is 0 Å². The molecule has 0 amide bonds. The summed E-state index contributed by atoms with van der Waals surface area (Å²) in [7, 11) is -3.61. The maximum Gasteiger partial charge on any atom is 0.303 e. The van der Waals surface area contributed by atoms with Gasteiger partial charge in [-0.1, -0.05) is 60.7 Å². The highest BCUT2D eigenvalue weighted by molar-refractivity contribution is 7.91. The molecule has 25 heavy (non-hydrogen) atoms. The van der Waals surface area contributed by atoms with Gasteiger partial charge >= 0.3 is 5.97 Å². The van der Waals surface area contributed by atoms with Crippen molar-refractivity contribution in [2.24, 2.45) is 0 Å². The van der Waals surface area contributed by atoms with Crippen molar-refractivity contribution in [1.29, 1.82) is 0 Å². The van der Waals surface area contributed by atoms with Crippen LogP contribution in [0.5, 0.6) is 0 Å². The summed E-state index contributed by atoms with van der Waals surface area (Å²) < 4.78 is 25.7. The van der Waals surface area contributed by atoms with Gasteiger partial charge in [0, 0.05) is 5.92 Å². The second-order valence-electron chi connectivity index (χ2n) is 6.00.